The number of amides is 1. The molecule has 4 atom stereocenters. The Balaban J connectivity index is 1.41. The number of benzene rings is 2. The fourth-order valence-electron chi connectivity index (χ4n) is 7.69. The van der Waals surface area contributed by atoms with Crippen LogP contribution in [0, 0.1) is 11.8 Å². The number of nitrogens with zero attached hydrogens (tertiary/aromatic N) is 1. The van der Waals surface area contributed by atoms with Gasteiger partial charge in [-0.05, 0) is 67.5 Å². The number of carbonyl (C=O) groups excluding carboxylic acids is 1. The van der Waals surface area contributed by atoms with E-state index in [1.807, 2.05) is 18.2 Å². The van der Waals surface area contributed by atoms with E-state index in [2.05, 4.69) is 31.3 Å². The monoisotopic (exact) mass is 573 g/mol. The highest BCUT2D eigenvalue weighted by atomic mass is 35.5. The summed E-state index contributed by atoms with van der Waals surface area (Å²) in [5, 5.41) is 16.9. The second kappa shape index (κ2) is 11.2. The summed E-state index contributed by atoms with van der Waals surface area (Å²) in [5.74, 6) is 2.16. The van der Waals surface area contributed by atoms with Crippen molar-refractivity contribution in [1.82, 2.24) is 5.32 Å². The Labute approximate surface area is 243 Å². The predicted octanol–water partition coefficient (Wildman–Crippen LogP) is 6.17. The van der Waals surface area contributed by atoms with Crippen LogP contribution in [-0.2, 0) is 16.6 Å². The number of halogens is 2. The maximum Gasteiger partial charge on any atom is 0.224 e. The molecule has 0 bridgehead atoms. The summed E-state index contributed by atoms with van der Waals surface area (Å²) in [6.07, 6.45) is 5.95. The molecule has 1 unspecified atom stereocenters. The van der Waals surface area contributed by atoms with Crippen LogP contribution in [0.5, 0.6) is 5.75 Å². The topological polar surface area (TPSA) is 58.6 Å². The molecule has 2 aromatic rings. The molecule has 2 saturated carbocycles. The number of hydrogen-bond donors (Lipinski definition) is 2. The van der Waals surface area contributed by atoms with Crippen molar-refractivity contribution >= 4 is 29.1 Å². The van der Waals surface area contributed by atoms with Crippen LogP contribution in [0.15, 0.2) is 42.5 Å². The summed E-state index contributed by atoms with van der Waals surface area (Å²) >= 11 is 12.2. The van der Waals surface area contributed by atoms with Crippen molar-refractivity contribution in [2.45, 2.75) is 75.9 Å². The third-order valence-corrected chi connectivity index (χ3v) is 10.2. The molecule has 212 valence electrons. The van der Waals surface area contributed by atoms with Crippen LogP contribution in [0.4, 0.5) is 0 Å². The van der Waals surface area contributed by atoms with Gasteiger partial charge in [0.1, 0.15) is 17.9 Å². The summed E-state index contributed by atoms with van der Waals surface area (Å²) in [6.45, 7) is 8.73. The van der Waals surface area contributed by atoms with Gasteiger partial charge in [-0.2, -0.15) is 0 Å². The van der Waals surface area contributed by atoms with Crippen molar-refractivity contribution in [3.05, 3.63) is 63.6 Å². The molecule has 0 aromatic heterocycles. The summed E-state index contributed by atoms with van der Waals surface area (Å²) in [6, 6.07) is 13.6. The van der Waals surface area contributed by atoms with E-state index in [4.69, 9.17) is 27.9 Å². The van der Waals surface area contributed by atoms with Gasteiger partial charge in [0.15, 0.2) is 0 Å². The van der Waals surface area contributed by atoms with Crippen molar-refractivity contribution in [3.63, 3.8) is 0 Å². The first-order chi connectivity index (χ1) is 18.6. The van der Waals surface area contributed by atoms with Gasteiger partial charge in [-0.1, -0.05) is 55.2 Å². The number of nitrogens with one attached hydrogen (secondary N) is 1. The molecule has 1 saturated heterocycles. The Hall–Kier alpha value is -1.79. The van der Waals surface area contributed by atoms with Gasteiger partial charge in [0.25, 0.3) is 0 Å². The minimum atomic E-state index is -0.841. The van der Waals surface area contributed by atoms with Crippen molar-refractivity contribution in [2.75, 3.05) is 33.3 Å². The lowest BCUT2D eigenvalue weighted by Gasteiger charge is -2.61. The van der Waals surface area contributed by atoms with Gasteiger partial charge in [-0.3, -0.25) is 4.79 Å². The van der Waals surface area contributed by atoms with Crippen molar-refractivity contribution < 1.29 is 19.1 Å². The van der Waals surface area contributed by atoms with Gasteiger partial charge in [-0.15, -0.1) is 0 Å². The summed E-state index contributed by atoms with van der Waals surface area (Å²) in [4.78, 5) is 13.1. The van der Waals surface area contributed by atoms with Gasteiger partial charge in [-0.25, -0.2) is 0 Å². The molecule has 0 radical (unpaired) electrons. The largest absolute Gasteiger partial charge is 0.497 e. The van der Waals surface area contributed by atoms with E-state index in [0.717, 1.165) is 66.2 Å². The molecule has 2 aliphatic carbocycles. The third-order valence-electron chi connectivity index (χ3n) is 9.43. The van der Waals surface area contributed by atoms with Crippen molar-refractivity contribution in [3.8, 4) is 5.75 Å². The zero-order chi connectivity index (χ0) is 27.8. The normalized spacial score (nSPS) is 30.6. The Bertz CT molecular complexity index is 1200. The highest BCUT2D eigenvalue weighted by Crippen LogP contribution is 2.54. The zero-order valence-electron chi connectivity index (χ0n) is 23.5. The molecule has 3 aliphatic rings. The van der Waals surface area contributed by atoms with Gasteiger partial charge >= 0.3 is 0 Å². The first-order valence-corrected chi connectivity index (χ1v) is 15.3. The molecule has 2 N–H and O–H groups in total. The molecular formula is C32H43Cl2N2O3+. The number of hydrogen-bond acceptors (Lipinski definition) is 3. The maximum absolute atomic E-state index is 13.1. The molecule has 0 spiro atoms. The van der Waals surface area contributed by atoms with Crippen LogP contribution in [-0.4, -0.2) is 60.4 Å². The summed E-state index contributed by atoms with van der Waals surface area (Å²) in [7, 11) is 1.69. The van der Waals surface area contributed by atoms with E-state index < -0.39 is 11.0 Å². The average Bonchev–Trinajstić information content (AvgIpc) is 3.69. The second-order valence-electron chi connectivity index (χ2n) is 13.0. The second-order valence-corrected chi connectivity index (χ2v) is 13.8. The smallest absolute Gasteiger partial charge is 0.224 e. The molecule has 1 amide bonds. The lowest BCUT2D eigenvalue weighted by Crippen LogP contribution is -2.73. The molecule has 7 heteroatoms. The molecule has 5 nitrogen and oxygen atoms in total. The number of piperidine rings is 1. The van der Waals surface area contributed by atoms with Crippen LogP contribution >= 0.6 is 23.2 Å². The van der Waals surface area contributed by atoms with E-state index in [1.165, 1.54) is 19.4 Å². The van der Waals surface area contributed by atoms with Gasteiger partial charge in [0.2, 0.25) is 5.91 Å². The minimum Gasteiger partial charge on any atom is -0.497 e. The standard InChI is InChI=1S/C32H42Cl2N2O3/c1-22(2)19-36(20-23-7-8-23)14-13-31(25-5-4-6-27(17-25)39-3)18-26(11-12-32(31,38)21-36)35-30(37)16-24-9-10-28(33)29(34)15-24/h4-6,9-10,15,17,22-23,26,38H,7-8,11-14,16,18-21H2,1-3H3/p+1/t26-,31-,32?,36+/m1/s1. The Morgan fingerprint density at radius 3 is 2.62 bits per heavy atom. The highest BCUT2D eigenvalue weighted by molar-refractivity contribution is 6.42. The number of quaternary nitrogens is 1. The number of fused-ring (bicyclic) bond motifs is 1. The number of carbonyl (C=O) groups is 1. The average molecular weight is 575 g/mol. The number of methoxy groups -OCH3 is 1. The van der Waals surface area contributed by atoms with E-state index in [0.29, 0.717) is 22.4 Å². The fourth-order valence-corrected chi connectivity index (χ4v) is 8.01. The number of likely N-dealkylation sites (tertiary alicyclic amines) is 1. The van der Waals surface area contributed by atoms with Crippen molar-refractivity contribution in [1.29, 1.82) is 0 Å². The van der Waals surface area contributed by atoms with Crippen LogP contribution in [0.25, 0.3) is 0 Å². The SMILES string of the molecule is COc1cccc([C@]23CC[N@+](CC(C)C)(CC4CC4)CC2(O)CC[C@@H](NC(=O)Cc2ccc(Cl)c(Cl)c2)C3)c1. The molecular weight excluding hydrogens is 531 g/mol. The Kier molecular flexibility index (Phi) is 8.28. The van der Waals surface area contributed by atoms with Crippen LogP contribution < -0.4 is 10.1 Å². The molecule has 1 heterocycles. The first-order valence-electron chi connectivity index (χ1n) is 14.5. The lowest BCUT2D eigenvalue weighted by molar-refractivity contribution is -0.945. The third kappa shape index (κ3) is 6.12. The number of aliphatic hydroxyl groups is 1. The predicted molar refractivity (Wildman–Crippen MR) is 157 cm³/mol. The van der Waals surface area contributed by atoms with Gasteiger partial charge < -0.3 is 19.6 Å². The van der Waals surface area contributed by atoms with Crippen LogP contribution in [0.1, 0.15) is 63.5 Å². The summed E-state index contributed by atoms with van der Waals surface area (Å²) < 4.78 is 6.62. The molecule has 1 aliphatic heterocycles. The molecule has 39 heavy (non-hydrogen) atoms. The Morgan fingerprint density at radius 1 is 1.13 bits per heavy atom. The van der Waals surface area contributed by atoms with Gasteiger partial charge in [0.05, 0.1) is 43.2 Å². The van der Waals surface area contributed by atoms with Crippen LogP contribution in [0.3, 0.4) is 0 Å². The van der Waals surface area contributed by atoms with E-state index in [9.17, 15) is 9.90 Å². The quantitative estimate of drug-likeness (QED) is 0.353. The Morgan fingerprint density at radius 2 is 1.92 bits per heavy atom. The molecule has 3 fully saturated rings. The van der Waals surface area contributed by atoms with Crippen LogP contribution in [0.2, 0.25) is 10.0 Å². The van der Waals surface area contributed by atoms with Gasteiger partial charge in [0, 0.05) is 29.7 Å². The fraction of sp³-hybridized carbons (Fsp3) is 0.594. The maximum atomic E-state index is 13.1. The van der Waals surface area contributed by atoms with Crippen molar-refractivity contribution in [2.24, 2.45) is 11.8 Å². The van der Waals surface area contributed by atoms with E-state index in [-0.39, 0.29) is 18.4 Å². The first kappa shape index (κ1) is 28.7. The highest BCUT2D eigenvalue weighted by Gasteiger charge is 2.62. The van der Waals surface area contributed by atoms with E-state index >= 15 is 0 Å². The minimum absolute atomic E-state index is 0.0136. The zero-order valence-corrected chi connectivity index (χ0v) is 25.0. The summed E-state index contributed by atoms with van der Waals surface area (Å²) in [5.41, 5.74) is 0.683. The number of ether oxygens (including phenoxy) is 1. The molecule has 5 rings (SSSR count). The number of rotatable bonds is 9. The lowest BCUT2D eigenvalue weighted by atomic mass is 9.54. The molecule has 2 aromatic carbocycles. The van der Waals surface area contributed by atoms with E-state index in [1.54, 1.807) is 19.2 Å².